The van der Waals surface area contributed by atoms with Gasteiger partial charge in [-0.25, -0.2) is 8.42 Å². The maximum atomic E-state index is 12.8. The number of para-hydroxylation sites is 1. The van der Waals surface area contributed by atoms with Crippen LogP contribution in [0.15, 0.2) is 88.2 Å². The summed E-state index contributed by atoms with van der Waals surface area (Å²) in [6.45, 7) is 0. The zero-order valence-corrected chi connectivity index (χ0v) is 18.3. The standard InChI is InChI=1S/C22H17ClN4O4S/c1-27(18-8-3-2-4-9-18)32(29,30)19-12-10-15(11-13-19)20(28)24-22-26-25-21(31-22)16-6-5-7-17(23)14-16/h2-14H,1H3,(H,24,26,28). The Morgan fingerprint density at radius 1 is 0.969 bits per heavy atom. The molecule has 3 aromatic carbocycles. The molecule has 8 nitrogen and oxygen atoms in total. The number of hydrogen-bond donors (Lipinski definition) is 1. The van der Waals surface area contributed by atoms with E-state index in [0.717, 1.165) is 0 Å². The monoisotopic (exact) mass is 468 g/mol. The fraction of sp³-hybridized carbons (Fsp3) is 0.0455. The molecule has 0 fully saturated rings. The van der Waals surface area contributed by atoms with Gasteiger partial charge in [-0.1, -0.05) is 41.0 Å². The van der Waals surface area contributed by atoms with Crippen LogP contribution in [0.25, 0.3) is 11.5 Å². The molecule has 162 valence electrons. The molecule has 32 heavy (non-hydrogen) atoms. The maximum absolute atomic E-state index is 12.8. The summed E-state index contributed by atoms with van der Waals surface area (Å²) in [5, 5.41) is 10.7. The van der Waals surface area contributed by atoms with Crippen molar-refractivity contribution in [2.45, 2.75) is 4.90 Å². The summed E-state index contributed by atoms with van der Waals surface area (Å²) in [5.41, 5.74) is 1.37. The maximum Gasteiger partial charge on any atom is 0.322 e. The van der Waals surface area contributed by atoms with Gasteiger partial charge in [-0.15, -0.1) is 5.10 Å². The number of amides is 1. The molecule has 1 aromatic heterocycles. The zero-order chi connectivity index (χ0) is 22.7. The van der Waals surface area contributed by atoms with Crippen LogP contribution in [0.1, 0.15) is 10.4 Å². The number of carbonyl (C=O) groups is 1. The van der Waals surface area contributed by atoms with Crippen LogP contribution in [-0.2, 0) is 10.0 Å². The van der Waals surface area contributed by atoms with Crippen LogP contribution >= 0.6 is 11.6 Å². The summed E-state index contributed by atoms with van der Waals surface area (Å²) >= 11 is 5.96. The van der Waals surface area contributed by atoms with E-state index in [9.17, 15) is 13.2 Å². The topological polar surface area (TPSA) is 105 Å². The molecule has 0 saturated carbocycles. The van der Waals surface area contributed by atoms with Crippen LogP contribution in [0.3, 0.4) is 0 Å². The molecule has 0 radical (unpaired) electrons. The van der Waals surface area contributed by atoms with Crippen LogP contribution in [-0.4, -0.2) is 31.6 Å². The van der Waals surface area contributed by atoms with E-state index in [1.165, 1.54) is 35.6 Å². The summed E-state index contributed by atoms with van der Waals surface area (Å²) in [5.74, 6) is -0.320. The number of sulfonamides is 1. The first-order chi connectivity index (χ1) is 15.3. The fourth-order valence-corrected chi connectivity index (χ4v) is 4.28. The fourth-order valence-electron chi connectivity index (χ4n) is 2.89. The van der Waals surface area contributed by atoms with E-state index in [4.69, 9.17) is 16.0 Å². The van der Waals surface area contributed by atoms with Crippen LogP contribution < -0.4 is 9.62 Å². The van der Waals surface area contributed by atoms with E-state index >= 15 is 0 Å². The molecule has 1 N–H and O–H groups in total. The van der Waals surface area contributed by atoms with E-state index < -0.39 is 15.9 Å². The van der Waals surface area contributed by atoms with Crippen molar-refractivity contribution in [2.75, 3.05) is 16.7 Å². The van der Waals surface area contributed by atoms with E-state index in [1.807, 2.05) is 0 Å². The van der Waals surface area contributed by atoms with Gasteiger partial charge in [0, 0.05) is 23.2 Å². The number of nitrogens with one attached hydrogen (secondary N) is 1. The third-order valence-electron chi connectivity index (χ3n) is 4.61. The van der Waals surface area contributed by atoms with Crippen LogP contribution in [0, 0.1) is 0 Å². The van der Waals surface area contributed by atoms with Crippen LogP contribution in [0.2, 0.25) is 5.02 Å². The van der Waals surface area contributed by atoms with Crippen LogP contribution in [0.4, 0.5) is 11.7 Å². The molecule has 10 heteroatoms. The van der Waals surface area contributed by atoms with Gasteiger partial charge in [-0.2, -0.15) is 0 Å². The summed E-state index contributed by atoms with van der Waals surface area (Å²) in [4.78, 5) is 12.6. The number of rotatable bonds is 6. The van der Waals surface area contributed by atoms with Gasteiger partial charge in [0.25, 0.3) is 15.9 Å². The average molecular weight is 469 g/mol. The smallest absolute Gasteiger partial charge is 0.322 e. The Morgan fingerprint density at radius 3 is 2.38 bits per heavy atom. The van der Waals surface area contributed by atoms with Gasteiger partial charge in [0.05, 0.1) is 10.6 Å². The Bertz CT molecular complexity index is 1360. The molecule has 0 saturated heterocycles. The molecule has 0 spiro atoms. The van der Waals surface area contributed by atoms with Gasteiger partial charge in [0.1, 0.15) is 0 Å². The van der Waals surface area contributed by atoms with Crippen molar-refractivity contribution in [3.05, 3.63) is 89.4 Å². The number of hydrogen-bond acceptors (Lipinski definition) is 6. The zero-order valence-electron chi connectivity index (χ0n) is 16.8. The van der Waals surface area contributed by atoms with Crippen molar-refractivity contribution in [3.8, 4) is 11.5 Å². The molecule has 0 bridgehead atoms. The van der Waals surface area contributed by atoms with Crippen molar-refractivity contribution in [1.82, 2.24) is 10.2 Å². The molecule has 0 aliphatic carbocycles. The summed E-state index contributed by atoms with van der Waals surface area (Å²) in [7, 11) is -2.30. The minimum absolute atomic E-state index is 0.0569. The van der Waals surface area contributed by atoms with Crippen molar-refractivity contribution in [2.24, 2.45) is 0 Å². The molecular formula is C22H17ClN4O4S. The lowest BCUT2D eigenvalue weighted by Gasteiger charge is -2.19. The van der Waals surface area contributed by atoms with Crippen molar-refractivity contribution in [3.63, 3.8) is 0 Å². The predicted molar refractivity (Wildman–Crippen MR) is 121 cm³/mol. The Labute approximate surface area is 189 Å². The summed E-state index contributed by atoms with van der Waals surface area (Å²) in [6, 6.07) is 21.0. The van der Waals surface area contributed by atoms with Gasteiger partial charge < -0.3 is 4.42 Å². The molecule has 1 heterocycles. The number of nitrogens with zero attached hydrogens (tertiary/aromatic N) is 3. The molecule has 0 atom stereocenters. The second-order valence-corrected chi connectivity index (χ2v) is 9.11. The number of benzene rings is 3. The minimum atomic E-state index is -3.77. The van der Waals surface area contributed by atoms with Crippen molar-refractivity contribution in [1.29, 1.82) is 0 Å². The average Bonchev–Trinajstić information content (AvgIpc) is 3.27. The SMILES string of the molecule is CN(c1ccccc1)S(=O)(=O)c1ccc(C(=O)Nc2nnc(-c3cccc(Cl)c3)o2)cc1. The van der Waals surface area contributed by atoms with Gasteiger partial charge in [-0.05, 0) is 54.6 Å². The highest BCUT2D eigenvalue weighted by atomic mass is 35.5. The molecule has 0 unspecified atom stereocenters. The molecule has 0 aliphatic rings. The van der Waals surface area contributed by atoms with E-state index in [1.54, 1.807) is 54.6 Å². The van der Waals surface area contributed by atoms with Crippen molar-refractivity contribution >= 4 is 39.2 Å². The van der Waals surface area contributed by atoms with Gasteiger partial charge in [0.15, 0.2) is 0 Å². The molecule has 4 rings (SSSR count). The number of halogens is 1. The molecule has 1 amide bonds. The third kappa shape index (κ3) is 4.48. The summed E-state index contributed by atoms with van der Waals surface area (Å²) in [6.07, 6.45) is 0. The number of aromatic nitrogens is 2. The second-order valence-electron chi connectivity index (χ2n) is 6.71. The highest BCUT2D eigenvalue weighted by Crippen LogP contribution is 2.24. The Morgan fingerprint density at radius 2 is 1.69 bits per heavy atom. The quantitative estimate of drug-likeness (QED) is 0.447. The summed E-state index contributed by atoms with van der Waals surface area (Å²) < 4.78 is 32.3. The van der Waals surface area contributed by atoms with E-state index in [0.29, 0.717) is 16.3 Å². The lowest BCUT2D eigenvalue weighted by Crippen LogP contribution is -2.26. The van der Waals surface area contributed by atoms with Gasteiger partial charge >= 0.3 is 6.01 Å². The van der Waals surface area contributed by atoms with Gasteiger partial charge in [-0.3, -0.25) is 14.4 Å². The minimum Gasteiger partial charge on any atom is -0.403 e. The van der Waals surface area contributed by atoms with E-state index in [2.05, 4.69) is 15.5 Å². The van der Waals surface area contributed by atoms with Crippen molar-refractivity contribution < 1.29 is 17.6 Å². The number of anilines is 2. The first-order valence-electron chi connectivity index (χ1n) is 9.39. The Kier molecular flexibility index (Phi) is 5.93. The first-order valence-corrected chi connectivity index (χ1v) is 11.2. The Hall–Kier alpha value is -3.69. The first kappa shape index (κ1) is 21.5. The number of carbonyl (C=O) groups excluding carboxylic acids is 1. The highest BCUT2D eigenvalue weighted by Gasteiger charge is 2.22. The normalized spacial score (nSPS) is 11.2. The van der Waals surface area contributed by atoms with Crippen LogP contribution in [0.5, 0.6) is 0 Å². The lowest BCUT2D eigenvalue weighted by atomic mass is 10.2. The van der Waals surface area contributed by atoms with E-state index in [-0.39, 0.29) is 22.4 Å². The highest BCUT2D eigenvalue weighted by molar-refractivity contribution is 7.92. The molecule has 0 aliphatic heterocycles. The third-order valence-corrected chi connectivity index (χ3v) is 6.65. The largest absolute Gasteiger partial charge is 0.403 e. The molecular weight excluding hydrogens is 452 g/mol. The molecule has 4 aromatic rings. The Balaban J connectivity index is 1.48. The lowest BCUT2D eigenvalue weighted by molar-refractivity contribution is 0.102. The second kappa shape index (κ2) is 8.81. The van der Waals surface area contributed by atoms with Gasteiger partial charge in [0.2, 0.25) is 5.89 Å². The predicted octanol–water partition coefficient (Wildman–Crippen LogP) is 4.47.